The monoisotopic (exact) mass is 524 g/mol. The molecule has 3 aromatic heterocycles. The van der Waals surface area contributed by atoms with Gasteiger partial charge in [0.2, 0.25) is 5.95 Å². The highest BCUT2D eigenvalue weighted by Crippen LogP contribution is 2.36. The van der Waals surface area contributed by atoms with Gasteiger partial charge in [0.1, 0.15) is 17.5 Å². The van der Waals surface area contributed by atoms with Crippen molar-refractivity contribution < 1.29 is 8.95 Å². The molecule has 37 heavy (non-hydrogen) atoms. The summed E-state index contributed by atoms with van der Waals surface area (Å²) in [6.45, 7) is 9.50. The summed E-state index contributed by atoms with van der Waals surface area (Å²) >= 11 is 0. The van der Waals surface area contributed by atoms with E-state index < -0.39 is 10.6 Å². The number of hydrogen-bond donors (Lipinski definition) is 3. The van der Waals surface area contributed by atoms with Crippen LogP contribution in [0.5, 0.6) is 0 Å². The van der Waals surface area contributed by atoms with Crippen LogP contribution in [-0.4, -0.2) is 68.8 Å². The predicted octanol–water partition coefficient (Wildman–Crippen LogP) is 3.97. The van der Waals surface area contributed by atoms with E-state index in [1.54, 1.807) is 13.3 Å². The van der Waals surface area contributed by atoms with E-state index in [1.165, 1.54) is 0 Å². The van der Waals surface area contributed by atoms with E-state index in [0.29, 0.717) is 23.8 Å². The summed E-state index contributed by atoms with van der Waals surface area (Å²) in [7, 11) is -0.148. The van der Waals surface area contributed by atoms with Gasteiger partial charge in [0, 0.05) is 79.0 Å². The summed E-state index contributed by atoms with van der Waals surface area (Å²) in [5, 5.41) is 5.38. The molecule has 0 aromatic carbocycles. The number of anilines is 4. The SMILES string of the molecule is COC1CCN(c2nccc(Nc3cc4c(C(C)C)cnc(N5CC([C@H](C)[SH](=N)=O)C5)c4cn3)n2)CC1. The average molecular weight is 525 g/mol. The number of piperidine rings is 1. The van der Waals surface area contributed by atoms with Gasteiger partial charge in [0.25, 0.3) is 0 Å². The molecular weight excluding hydrogens is 488 g/mol. The Hall–Kier alpha value is -3.05. The summed E-state index contributed by atoms with van der Waals surface area (Å²) in [6, 6.07) is 3.93. The average Bonchev–Trinajstić information content (AvgIpc) is 2.87. The molecule has 3 aromatic rings. The Kier molecular flexibility index (Phi) is 7.43. The second kappa shape index (κ2) is 10.7. The topological polar surface area (TPSA) is 120 Å². The summed E-state index contributed by atoms with van der Waals surface area (Å²) in [4.78, 5) is 23.1. The van der Waals surface area contributed by atoms with Crippen LogP contribution >= 0.6 is 0 Å². The second-order valence-electron chi connectivity index (χ2n) is 10.3. The van der Waals surface area contributed by atoms with Crippen LogP contribution in [-0.2, 0) is 15.3 Å². The molecule has 2 fully saturated rings. The van der Waals surface area contributed by atoms with Gasteiger partial charge in [-0.05, 0) is 48.8 Å². The number of fused-ring (bicyclic) bond motifs is 1. The zero-order chi connectivity index (χ0) is 26.1. The van der Waals surface area contributed by atoms with Crippen LogP contribution in [0.2, 0.25) is 0 Å². The Bertz CT molecular complexity index is 1330. The smallest absolute Gasteiger partial charge is 0.227 e. The Morgan fingerprint density at radius 3 is 2.49 bits per heavy atom. The molecule has 2 atom stereocenters. The first kappa shape index (κ1) is 25.6. The van der Waals surface area contributed by atoms with Crippen molar-refractivity contribution in [3.8, 4) is 0 Å². The third-order valence-corrected chi connectivity index (χ3v) is 8.78. The maximum absolute atomic E-state index is 11.6. The molecule has 2 saturated heterocycles. The largest absolute Gasteiger partial charge is 0.381 e. The number of thiol groups is 1. The Morgan fingerprint density at radius 2 is 1.81 bits per heavy atom. The lowest BCUT2D eigenvalue weighted by Crippen LogP contribution is -2.52. The zero-order valence-electron chi connectivity index (χ0n) is 21.9. The number of aromatic nitrogens is 4. The molecule has 0 spiro atoms. The predicted molar refractivity (Wildman–Crippen MR) is 149 cm³/mol. The van der Waals surface area contributed by atoms with Crippen LogP contribution in [0.3, 0.4) is 0 Å². The molecule has 2 aliphatic rings. The van der Waals surface area contributed by atoms with E-state index in [0.717, 1.165) is 67.0 Å². The van der Waals surface area contributed by atoms with Crippen LogP contribution < -0.4 is 15.1 Å². The van der Waals surface area contributed by atoms with Gasteiger partial charge in [-0.15, -0.1) is 0 Å². The molecule has 11 heteroatoms. The van der Waals surface area contributed by atoms with E-state index in [1.807, 2.05) is 25.4 Å². The van der Waals surface area contributed by atoms with Gasteiger partial charge in [-0.2, -0.15) is 4.98 Å². The molecule has 5 heterocycles. The molecule has 10 nitrogen and oxygen atoms in total. The zero-order valence-corrected chi connectivity index (χ0v) is 22.8. The highest BCUT2D eigenvalue weighted by molar-refractivity contribution is 7.74. The molecule has 0 bridgehead atoms. The summed E-state index contributed by atoms with van der Waals surface area (Å²) < 4.78 is 24.7. The lowest BCUT2D eigenvalue weighted by atomic mass is 9.94. The second-order valence-corrected chi connectivity index (χ2v) is 11.8. The first-order valence-electron chi connectivity index (χ1n) is 12.9. The molecule has 2 N–H and O–H groups in total. The number of hydrogen-bond acceptors (Lipinski definition) is 10. The number of methoxy groups -OCH3 is 1. The standard InChI is InChI=1S/C26H36N8O2S/c1-16(2)21-12-30-25(34-14-18(15-34)17(3)37(27)35)22-13-29-24(11-20(21)22)31-23-5-8-28-26(32-23)33-9-6-19(36-4)7-10-33/h5,8,11-13,16-19,27,37H,6-7,9-10,14-15H2,1-4H3,(H,28,29,31,32)/t17-/m0/s1. The van der Waals surface area contributed by atoms with E-state index in [4.69, 9.17) is 24.5 Å². The molecule has 1 unspecified atom stereocenters. The number of ether oxygens (including phenoxy) is 1. The van der Waals surface area contributed by atoms with Crippen molar-refractivity contribution in [2.45, 2.75) is 50.9 Å². The molecule has 0 amide bonds. The molecule has 0 aliphatic carbocycles. The van der Waals surface area contributed by atoms with Gasteiger partial charge >= 0.3 is 0 Å². The maximum Gasteiger partial charge on any atom is 0.227 e. The lowest BCUT2D eigenvalue weighted by Gasteiger charge is -2.42. The minimum Gasteiger partial charge on any atom is -0.381 e. The van der Waals surface area contributed by atoms with E-state index in [9.17, 15) is 4.21 Å². The quantitative estimate of drug-likeness (QED) is 0.376. The lowest BCUT2D eigenvalue weighted by molar-refractivity contribution is 0.0816. The summed E-state index contributed by atoms with van der Waals surface area (Å²) in [6.07, 6.45) is 7.86. The summed E-state index contributed by atoms with van der Waals surface area (Å²) in [5.74, 6) is 3.59. The van der Waals surface area contributed by atoms with Crippen molar-refractivity contribution in [2.75, 3.05) is 48.4 Å². The van der Waals surface area contributed by atoms with Crippen LogP contribution in [0, 0.1) is 10.7 Å². The van der Waals surface area contributed by atoms with Gasteiger partial charge in [-0.25, -0.2) is 15.0 Å². The van der Waals surface area contributed by atoms with E-state index in [-0.39, 0.29) is 11.2 Å². The number of nitrogens with zero attached hydrogens (tertiary/aromatic N) is 6. The Labute approximate surface area is 219 Å². The van der Waals surface area contributed by atoms with Crippen LogP contribution in [0.4, 0.5) is 23.4 Å². The van der Waals surface area contributed by atoms with E-state index >= 15 is 0 Å². The van der Waals surface area contributed by atoms with Gasteiger partial charge < -0.3 is 19.9 Å². The van der Waals surface area contributed by atoms with Crippen LogP contribution in [0.15, 0.2) is 30.7 Å². The van der Waals surface area contributed by atoms with Gasteiger partial charge in [0.15, 0.2) is 0 Å². The first-order valence-corrected chi connectivity index (χ1v) is 14.3. The van der Waals surface area contributed by atoms with Gasteiger partial charge in [0.05, 0.1) is 6.10 Å². The molecule has 198 valence electrons. The van der Waals surface area contributed by atoms with Crippen LogP contribution in [0.1, 0.15) is 45.1 Å². The number of pyridine rings is 2. The minimum absolute atomic E-state index is 0.106. The van der Waals surface area contributed by atoms with Crippen molar-refractivity contribution in [2.24, 2.45) is 5.92 Å². The van der Waals surface area contributed by atoms with Gasteiger partial charge in [-0.1, -0.05) is 13.8 Å². The highest BCUT2D eigenvalue weighted by Gasteiger charge is 2.34. The molecule has 2 aliphatic heterocycles. The Balaban J connectivity index is 1.38. The third kappa shape index (κ3) is 5.33. The fourth-order valence-corrected chi connectivity index (χ4v) is 5.67. The molecular formula is C26H36N8O2S. The number of nitrogens with one attached hydrogen (secondary N) is 2. The fourth-order valence-electron chi connectivity index (χ4n) is 5.10. The molecule has 5 rings (SSSR count). The number of rotatable bonds is 8. The van der Waals surface area contributed by atoms with Crippen LogP contribution in [0.25, 0.3) is 10.8 Å². The van der Waals surface area contributed by atoms with Crippen molar-refractivity contribution in [3.05, 3.63) is 36.3 Å². The third-order valence-electron chi connectivity index (χ3n) is 7.62. The van der Waals surface area contributed by atoms with Crippen molar-refractivity contribution in [3.63, 3.8) is 0 Å². The minimum atomic E-state index is -1.92. The molecule has 0 saturated carbocycles. The van der Waals surface area contributed by atoms with Gasteiger partial charge in [-0.3, -0.25) is 8.99 Å². The highest BCUT2D eigenvalue weighted by atomic mass is 32.2. The Morgan fingerprint density at radius 1 is 1.05 bits per heavy atom. The maximum atomic E-state index is 11.6. The van der Waals surface area contributed by atoms with Crippen molar-refractivity contribution in [1.82, 2.24) is 19.9 Å². The normalized spacial score (nSPS) is 18.7. The van der Waals surface area contributed by atoms with Crippen molar-refractivity contribution >= 4 is 44.8 Å². The molecule has 0 radical (unpaired) electrons. The fraction of sp³-hybridized carbons (Fsp3) is 0.538. The summed E-state index contributed by atoms with van der Waals surface area (Å²) in [5.41, 5.74) is 1.16. The van der Waals surface area contributed by atoms with Crippen molar-refractivity contribution in [1.29, 1.82) is 4.78 Å². The van der Waals surface area contributed by atoms with E-state index in [2.05, 4.69) is 40.0 Å². The first-order chi connectivity index (χ1) is 17.8.